The third kappa shape index (κ3) is 3.80. The summed E-state index contributed by atoms with van der Waals surface area (Å²) in [6, 6.07) is 4.10. The van der Waals surface area contributed by atoms with Crippen molar-refractivity contribution in [2.45, 2.75) is 12.8 Å². The highest BCUT2D eigenvalue weighted by Gasteiger charge is 2.05. The number of aryl methyl sites for hydroxylation is 1. The molecule has 0 amide bonds. The molecule has 0 saturated heterocycles. The maximum Gasteiger partial charge on any atom is 0.0417 e. The second-order valence-corrected chi connectivity index (χ2v) is 6.22. The summed E-state index contributed by atoms with van der Waals surface area (Å²) < 4.78 is 3.45. The molecule has 0 aliphatic carbocycles. The van der Waals surface area contributed by atoms with Gasteiger partial charge in [-0.2, -0.15) is 0 Å². The van der Waals surface area contributed by atoms with Gasteiger partial charge in [0.05, 0.1) is 0 Å². The Morgan fingerprint density at radius 2 is 1.93 bits per heavy atom. The van der Waals surface area contributed by atoms with Crippen molar-refractivity contribution in [1.29, 1.82) is 0 Å². The molecule has 1 aromatic rings. The molecule has 1 rings (SSSR count). The summed E-state index contributed by atoms with van der Waals surface area (Å²) in [4.78, 5) is 10.3. The van der Waals surface area contributed by atoms with E-state index in [9.17, 15) is 9.90 Å². The fourth-order valence-electron chi connectivity index (χ4n) is 1.03. The van der Waals surface area contributed by atoms with Crippen LogP contribution in [0.2, 0.25) is 0 Å². The van der Waals surface area contributed by atoms with Gasteiger partial charge in [0.2, 0.25) is 0 Å². The third-order valence-electron chi connectivity index (χ3n) is 1.67. The molecule has 0 aliphatic rings. The lowest BCUT2D eigenvalue weighted by atomic mass is 10.1. The first kappa shape index (κ1) is 12.9. The summed E-state index contributed by atoms with van der Waals surface area (Å²) in [5, 5.41) is 10.3. The molecule has 0 aromatic heterocycles. The fourth-order valence-corrected chi connectivity index (χ4v) is 3.57. The summed E-state index contributed by atoms with van der Waals surface area (Å²) >= 11 is 6.74. The largest absolute Gasteiger partial charge is 0.550 e. The number of rotatable bonds is 3. The molecule has 0 unspecified atom stereocenters. The molecule has 0 radical (unpaired) electrons. The van der Waals surface area contributed by atoms with E-state index >= 15 is 0 Å². The molecule has 0 spiro atoms. The summed E-state index contributed by atoms with van der Waals surface area (Å²) in [5.41, 5.74) is 1.09. The van der Waals surface area contributed by atoms with Gasteiger partial charge in [-0.3, -0.25) is 0 Å². The Balaban J connectivity index is 2.90. The lowest BCUT2D eigenvalue weighted by Gasteiger charge is -2.08. The second-order valence-electron chi connectivity index (χ2n) is 2.73. The SMILES string of the molecule is O=C([O-])CCc1cc(I)cc(I)c1I. The molecule has 2 nitrogen and oxygen atoms in total. The van der Waals surface area contributed by atoms with Crippen LogP contribution in [0.25, 0.3) is 0 Å². The first-order chi connectivity index (χ1) is 6.50. The van der Waals surface area contributed by atoms with Gasteiger partial charge >= 0.3 is 0 Å². The minimum Gasteiger partial charge on any atom is -0.550 e. The van der Waals surface area contributed by atoms with E-state index in [0.29, 0.717) is 6.42 Å². The van der Waals surface area contributed by atoms with Gasteiger partial charge in [0, 0.05) is 16.7 Å². The van der Waals surface area contributed by atoms with E-state index in [1.165, 1.54) is 3.57 Å². The number of carboxylic acids is 1. The molecule has 1 aromatic carbocycles. The smallest absolute Gasteiger partial charge is 0.0417 e. The molecule has 76 valence electrons. The van der Waals surface area contributed by atoms with E-state index in [-0.39, 0.29) is 6.42 Å². The molecule has 0 atom stereocenters. The number of aliphatic carboxylic acids is 1. The molecular formula is C9H6I3O2-. The van der Waals surface area contributed by atoms with Gasteiger partial charge in [-0.05, 0) is 98.3 Å². The van der Waals surface area contributed by atoms with Crippen LogP contribution in [0.15, 0.2) is 12.1 Å². The predicted octanol–water partition coefficient (Wildman–Crippen LogP) is 2.18. The Morgan fingerprint density at radius 1 is 1.29 bits per heavy atom. The van der Waals surface area contributed by atoms with Crippen LogP contribution in [0.4, 0.5) is 0 Å². The zero-order valence-corrected chi connectivity index (χ0v) is 13.5. The number of carboxylic acid groups (broad SMARTS) is 1. The zero-order valence-electron chi connectivity index (χ0n) is 7.02. The van der Waals surface area contributed by atoms with Gasteiger partial charge in [-0.1, -0.05) is 0 Å². The standard InChI is InChI=1S/C9H7I3O2/c10-6-3-5(1-2-8(13)14)9(12)7(11)4-6/h3-4H,1-2H2,(H,13,14)/p-1. The maximum absolute atomic E-state index is 10.3. The van der Waals surface area contributed by atoms with Gasteiger partial charge in [0.25, 0.3) is 0 Å². The Labute approximate surface area is 123 Å². The van der Waals surface area contributed by atoms with Crippen molar-refractivity contribution in [3.63, 3.8) is 0 Å². The van der Waals surface area contributed by atoms with E-state index in [4.69, 9.17) is 0 Å². The van der Waals surface area contributed by atoms with Gasteiger partial charge in [-0.15, -0.1) is 0 Å². The first-order valence-electron chi connectivity index (χ1n) is 3.84. The van der Waals surface area contributed by atoms with Crippen LogP contribution in [0, 0.1) is 10.7 Å². The molecule has 14 heavy (non-hydrogen) atoms. The third-order valence-corrected chi connectivity index (χ3v) is 5.45. The van der Waals surface area contributed by atoms with Crippen LogP contribution in [0.3, 0.4) is 0 Å². The minimum atomic E-state index is -0.991. The maximum atomic E-state index is 10.3. The quantitative estimate of drug-likeness (QED) is 0.448. The lowest BCUT2D eigenvalue weighted by molar-refractivity contribution is -0.305. The topological polar surface area (TPSA) is 40.1 Å². The van der Waals surface area contributed by atoms with Crippen LogP contribution >= 0.6 is 67.8 Å². The highest BCUT2D eigenvalue weighted by atomic mass is 127. The Morgan fingerprint density at radius 3 is 2.50 bits per heavy atom. The molecule has 0 fully saturated rings. The van der Waals surface area contributed by atoms with E-state index < -0.39 is 5.97 Å². The lowest BCUT2D eigenvalue weighted by Crippen LogP contribution is -2.22. The van der Waals surface area contributed by atoms with Crippen molar-refractivity contribution in [3.05, 3.63) is 28.4 Å². The Hall–Kier alpha value is 0.880. The van der Waals surface area contributed by atoms with Crippen molar-refractivity contribution in [3.8, 4) is 0 Å². The predicted molar refractivity (Wildman–Crippen MR) is 77.9 cm³/mol. The highest BCUT2D eigenvalue weighted by Crippen LogP contribution is 2.23. The zero-order chi connectivity index (χ0) is 10.7. The molecule has 0 aliphatic heterocycles. The van der Waals surface area contributed by atoms with Gasteiger partial charge in [0.15, 0.2) is 0 Å². The van der Waals surface area contributed by atoms with Gasteiger partial charge in [-0.25, -0.2) is 0 Å². The van der Waals surface area contributed by atoms with E-state index in [0.717, 1.165) is 12.7 Å². The second kappa shape index (κ2) is 5.83. The normalized spacial score (nSPS) is 10.2. The summed E-state index contributed by atoms with van der Waals surface area (Å²) in [6.45, 7) is 0. The van der Waals surface area contributed by atoms with Crippen LogP contribution in [-0.4, -0.2) is 5.97 Å². The van der Waals surface area contributed by atoms with Gasteiger partial charge in [0.1, 0.15) is 0 Å². The van der Waals surface area contributed by atoms with Crippen LogP contribution in [0.5, 0.6) is 0 Å². The number of carbonyl (C=O) groups excluding carboxylic acids is 1. The Bertz CT molecular complexity index is 363. The molecule has 5 heteroatoms. The van der Waals surface area contributed by atoms with Crippen LogP contribution < -0.4 is 5.11 Å². The number of hydrogen-bond acceptors (Lipinski definition) is 2. The number of carbonyl (C=O) groups is 1. The molecule has 0 N–H and O–H groups in total. The fraction of sp³-hybridized carbons (Fsp3) is 0.222. The van der Waals surface area contributed by atoms with Crippen molar-refractivity contribution < 1.29 is 9.90 Å². The molecule has 0 heterocycles. The average Bonchev–Trinajstić information content (AvgIpc) is 2.08. The van der Waals surface area contributed by atoms with Crippen molar-refractivity contribution in [1.82, 2.24) is 0 Å². The number of hydrogen-bond donors (Lipinski definition) is 0. The average molecular weight is 527 g/mol. The van der Waals surface area contributed by atoms with Crippen molar-refractivity contribution >= 4 is 73.7 Å². The van der Waals surface area contributed by atoms with E-state index in [2.05, 4.69) is 73.8 Å². The molecule has 0 bridgehead atoms. The highest BCUT2D eigenvalue weighted by molar-refractivity contribution is 14.1. The van der Waals surface area contributed by atoms with Crippen molar-refractivity contribution in [2.75, 3.05) is 0 Å². The van der Waals surface area contributed by atoms with Gasteiger partial charge < -0.3 is 9.90 Å². The first-order valence-corrected chi connectivity index (χ1v) is 7.07. The van der Waals surface area contributed by atoms with E-state index in [1.807, 2.05) is 6.07 Å². The monoisotopic (exact) mass is 527 g/mol. The van der Waals surface area contributed by atoms with Crippen LogP contribution in [0.1, 0.15) is 12.0 Å². The Kier molecular flexibility index (Phi) is 5.39. The van der Waals surface area contributed by atoms with E-state index in [1.54, 1.807) is 0 Å². The van der Waals surface area contributed by atoms with Crippen LogP contribution in [-0.2, 0) is 11.2 Å². The molecule has 0 saturated carbocycles. The number of benzene rings is 1. The summed E-state index contributed by atoms with van der Waals surface area (Å²) in [7, 11) is 0. The van der Waals surface area contributed by atoms with Crippen molar-refractivity contribution in [2.24, 2.45) is 0 Å². The number of halogens is 3. The minimum absolute atomic E-state index is 0.0895. The molecular weight excluding hydrogens is 521 g/mol. The summed E-state index contributed by atoms with van der Waals surface area (Å²) in [5.74, 6) is -0.991. The summed E-state index contributed by atoms with van der Waals surface area (Å²) in [6.07, 6.45) is 0.639.